The number of hydrazone groups is 1. The molecule has 1 aromatic rings. The molecular weight excluding hydrogens is 282 g/mol. The summed E-state index contributed by atoms with van der Waals surface area (Å²) in [6, 6.07) is 3.84. The second-order valence-electron chi connectivity index (χ2n) is 5.61. The molecule has 2 amide bonds. The molecule has 22 heavy (non-hydrogen) atoms. The van der Waals surface area contributed by atoms with Crippen molar-refractivity contribution in [3.8, 4) is 5.75 Å². The highest BCUT2D eigenvalue weighted by Crippen LogP contribution is 2.32. The fourth-order valence-electron chi connectivity index (χ4n) is 2.29. The van der Waals surface area contributed by atoms with Crippen molar-refractivity contribution < 1.29 is 14.3 Å². The van der Waals surface area contributed by atoms with E-state index in [4.69, 9.17) is 4.74 Å². The highest BCUT2D eigenvalue weighted by atomic mass is 16.5. The lowest BCUT2D eigenvalue weighted by molar-refractivity contribution is -0.121. The number of hydrogen-bond donors (Lipinski definition) is 2. The number of methoxy groups -OCH3 is 1. The van der Waals surface area contributed by atoms with Crippen molar-refractivity contribution in [2.24, 2.45) is 5.10 Å². The third-order valence-corrected chi connectivity index (χ3v) is 3.61. The number of ether oxygens (including phenoxy) is 1. The average molecular weight is 303 g/mol. The van der Waals surface area contributed by atoms with Gasteiger partial charge in [-0.2, -0.15) is 5.10 Å². The minimum absolute atomic E-state index is 0.167. The van der Waals surface area contributed by atoms with Crippen molar-refractivity contribution >= 4 is 23.2 Å². The SMILES string of the molecule is COc1cc(C)c(NC(=O)C2=NNC(=O)CC2)cc1C(C)C. The van der Waals surface area contributed by atoms with Gasteiger partial charge >= 0.3 is 0 Å². The summed E-state index contributed by atoms with van der Waals surface area (Å²) in [7, 11) is 1.64. The van der Waals surface area contributed by atoms with Gasteiger partial charge in [-0.3, -0.25) is 9.59 Å². The summed E-state index contributed by atoms with van der Waals surface area (Å²) in [6.45, 7) is 6.05. The molecule has 0 unspecified atom stereocenters. The van der Waals surface area contributed by atoms with Gasteiger partial charge in [-0.25, -0.2) is 5.43 Å². The molecule has 2 N–H and O–H groups in total. The number of carbonyl (C=O) groups excluding carboxylic acids is 2. The first kappa shape index (κ1) is 16.0. The van der Waals surface area contributed by atoms with E-state index in [1.165, 1.54) is 0 Å². The van der Waals surface area contributed by atoms with E-state index in [2.05, 4.69) is 29.7 Å². The fraction of sp³-hybridized carbons (Fsp3) is 0.438. The second-order valence-corrected chi connectivity index (χ2v) is 5.61. The van der Waals surface area contributed by atoms with Crippen LogP contribution in [0.4, 0.5) is 5.69 Å². The smallest absolute Gasteiger partial charge is 0.271 e. The van der Waals surface area contributed by atoms with Crippen molar-refractivity contribution in [1.82, 2.24) is 5.43 Å². The molecule has 1 aliphatic heterocycles. The predicted molar refractivity (Wildman–Crippen MR) is 85.3 cm³/mol. The van der Waals surface area contributed by atoms with Gasteiger partial charge in [0, 0.05) is 18.5 Å². The maximum Gasteiger partial charge on any atom is 0.271 e. The number of nitrogens with one attached hydrogen (secondary N) is 2. The van der Waals surface area contributed by atoms with Crippen LogP contribution < -0.4 is 15.5 Å². The highest BCUT2D eigenvalue weighted by molar-refractivity contribution is 6.43. The van der Waals surface area contributed by atoms with E-state index in [9.17, 15) is 9.59 Å². The standard InChI is InChI=1S/C16H21N3O3/c1-9(2)11-8-13(10(3)7-14(11)22-4)17-16(21)12-5-6-15(20)19-18-12/h7-9H,5-6H2,1-4H3,(H,17,21)(H,19,20). The zero-order valence-corrected chi connectivity index (χ0v) is 13.3. The van der Waals surface area contributed by atoms with Crippen LogP contribution in [0.25, 0.3) is 0 Å². The molecule has 0 atom stereocenters. The number of carbonyl (C=O) groups is 2. The Morgan fingerprint density at radius 2 is 2.09 bits per heavy atom. The molecule has 0 radical (unpaired) electrons. The van der Waals surface area contributed by atoms with Crippen LogP contribution in [0.3, 0.4) is 0 Å². The molecule has 6 nitrogen and oxygen atoms in total. The van der Waals surface area contributed by atoms with E-state index < -0.39 is 0 Å². The van der Waals surface area contributed by atoms with Crippen molar-refractivity contribution in [1.29, 1.82) is 0 Å². The van der Waals surface area contributed by atoms with Gasteiger partial charge in [-0.1, -0.05) is 13.8 Å². The van der Waals surface area contributed by atoms with Crippen LogP contribution >= 0.6 is 0 Å². The van der Waals surface area contributed by atoms with Crippen molar-refractivity contribution in [3.05, 3.63) is 23.3 Å². The summed E-state index contributed by atoms with van der Waals surface area (Å²) in [5.41, 5.74) is 5.34. The number of amides is 2. The van der Waals surface area contributed by atoms with Crippen LogP contribution in [0.15, 0.2) is 17.2 Å². The summed E-state index contributed by atoms with van der Waals surface area (Å²) < 4.78 is 5.39. The Balaban J connectivity index is 2.24. The molecule has 0 bridgehead atoms. The monoisotopic (exact) mass is 303 g/mol. The molecule has 0 aromatic heterocycles. The summed E-state index contributed by atoms with van der Waals surface area (Å²) >= 11 is 0. The number of aryl methyl sites for hydroxylation is 1. The van der Waals surface area contributed by atoms with Crippen LogP contribution in [0.1, 0.15) is 43.7 Å². The van der Waals surface area contributed by atoms with Crippen molar-refractivity contribution in [2.45, 2.75) is 39.5 Å². The Kier molecular flexibility index (Phi) is 4.80. The van der Waals surface area contributed by atoms with Crippen molar-refractivity contribution in [2.75, 3.05) is 12.4 Å². The normalized spacial score (nSPS) is 14.4. The molecule has 0 spiro atoms. The first-order valence-electron chi connectivity index (χ1n) is 7.27. The predicted octanol–water partition coefficient (Wildman–Crippen LogP) is 2.33. The van der Waals surface area contributed by atoms with Crippen LogP contribution in [0.2, 0.25) is 0 Å². The van der Waals surface area contributed by atoms with E-state index >= 15 is 0 Å². The van der Waals surface area contributed by atoms with E-state index in [1.54, 1.807) is 7.11 Å². The van der Waals surface area contributed by atoms with Crippen LogP contribution in [0.5, 0.6) is 5.75 Å². The Hall–Kier alpha value is -2.37. The van der Waals surface area contributed by atoms with Crippen LogP contribution in [-0.2, 0) is 9.59 Å². The lowest BCUT2D eigenvalue weighted by Gasteiger charge is -2.17. The van der Waals surface area contributed by atoms with E-state index in [-0.39, 0.29) is 24.2 Å². The molecule has 6 heteroatoms. The Morgan fingerprint density at radius 1 is 1.36 bits per heavy atom. The topological polar surface area (TPSA) is 79.8 Å². The third kappa shape index (κ3) is 3.44. The van der Waals surface area contributed by atoms with Crippen LogP contribution in [0, 0.1) is 6.92 Å². The van der Waals surface area contributed by atoms with Gasteiger partial charge in [0.15, 0.2) is 0 Å². The van der Waals surface area contributed by atoms with Gasteiger partial charge in [-0.15, -0.1) is 0 Å². The van der Waals surface area contributed by atoms with E-state index in [0.29, 0.717) is 12.1 Å². The number of anilines is 1. The molecule has 1 aromatic carbocycles. The van der Waals surface area contributed by atoms with E-state index in [0.717, 1.165) is 22.6 Å². The van der Waals surface area contributed by atoms with Gasteiger partial charge in [0.25, 0.3) is 5.91 Å². The number of nitrogens with zero attached hydrogens (tertiary/aromatic N) is 1. The van der Waals surface area contributed by atoms with Gasteiger partial charge in [0.2, 0.25) is 5.91 Å². The molecule has 0 saturated carbocycles. The second kappa shape index (κ2) is 6.60. The largest absolute Gasteiger partial charge is 0.496 e. The first-order chi connectivity index (χ1) is 10.4. The van der Waals surface area contributed by atoms with E-state index in [1.807, 2.05) is 19.1 Å². The van der Waals surface area contributed by atoms with Crippen LogP contribution in [-0.4, -0.2) is 24.6 Å². The minimum Gasteiger partial charge on any atom is -0.496 e. The third-order valence-electron chi connectivity index (χ3n) is 3.61. The highest BCUT2D eigenvalue weighted by Gasteiger charge is 2.20. The van der Waals surface area contributed by atoms with Gasteiger partial charge < -0.3 is 10.1 Å². The molecule has 118 valence electrons. The zero-order chi connectivity index (χ0) is 16.3. The van der Waals surface area contributed by atoms with Gasteiger partial charge in [0.1, 0.15) is 11.5 Å². The zero-order valence-electron chi connectivity index (χ0n) is 13.3. The first-order valence-corrected chi connectivity index (χ1v) is 7.27. The quantitative estimate of drug-likeness (QED) is 0.896. The molecule has 0 fully saturated rings. The number of rotatable bonds is 4. The molecule has 0 aliphatic carbocycles. The molecule has 1 aliphatic rings. The number of hydrogen-bond acceptors (Lipinski definition) is 4. The Morgan fingerprint density at radius 3 is 2.64 bits per heavy atom. The number of benzene rings is 1. The Labute approximate surface area is 129 Å². The summed E-state index contributed by atoms with van der Waals surface area (Å²) in [5, 5.41) is 6.67. The fourth-order valence-corrected chi connectivity index (χ4v) is 2.29. The maximum atomic E-state index is 12.2. The average Bonchev–Trinajstić information content (AvgIpc) is 2.49. The Bertz CT molecular complexity index is 636. The van der Waals surface area contributed by atoms with Gasteiger partial charge in [0.05, 0.1) is 7.11 Å². The van der Waals surface area contributed by atoms with Crippen molar-refractivity contribution in [3.63, 3.8) is 0 Å². The molecular formula is C16H21N3O3. The lowest BCUT2D eigenvalue weighted by atomic mass is 9.99. The summed E-state index contributed by atoms with van der Waals surface area (Å²) in [4.78, 5) is 23.3. The van der Waals surface area contributed by atoms with Gasteiger partial charge in [-0.05, 0) is 36.1 Å². The lowest BCUT2D eigenvalue weighted by Crippen LogP contribution is -2.32. The molecule has 1 heterocycles. The molecule has 2 rings (SSSR count). The summed E-state index contributed by atoms with van der Waals surface area (Å²) in [6.07, 6.45) is 0.634. The maximum absolute atomic E-state index is 12.2. The minimum atomic E-state index is -0.289. The molecule has 0 saturated heterocycles. The summed E-state index contributed by atoms with van der Waals surface area (Å²) in [5.74, 6) is 0.632.